The second-order valence-electron chi connectivity index (χ2n) is 7.22. The monoisotopic (exact) mass is 342 g/mol. The van der Waals surface area contributed by atoms with E-state index in [-0.39, 0.29) is 6.42 Å². The molecule has 8 heteroatoms. The number of hydrogen-bond acceptors (Lipinski definition) is 8. The molecule has 24 heavy (non-hydrogen) atoms. The predicted octanol–water partition coefficient (Wildman–Crippen LogP) is -2.19. The van der Waals surface area contributed by atoms with Crippen LogP contribution in [0.15, 0.2) is 30.3 Å². The molecule has 2 aliphatic rings. The number of ether oxygens (including phenoxy) is 1. The number of aliphatic hydroxyl groups excluding tert-OH is 1. The minimum absolute atomic E-state index is 0.309. The Morgan fingerprint density at radius 1 is 1.08 bits per heavy atom. The molecule has 4 atom stereocenters. The van der Waals surface area contributed by atoms with Gasteiger partial charge in [0, 0.05) is 6.42 Å². The molecule has 7 N–H and O–H groups in total. The third-order valence-electron chi connectivity index (χ3n) is 5.61. The Hall–Kier alpha value is -1.10. The van der Waals surface area contributed by atoms with Crippen LogP contribution in [-0.4, -0.2) is 70.9 Å². The molecule has 8 nitrogen and oxygen atoms in total. The van der Waals surface area contributed by atoms with E-state index in [0.29, 0.717) is 5.56 Å². The molecule has 0 amide bonds. The molecule has 0 radical (unpaired) electrons. The molecular weight excluding hydrogens is 320 g/mol. The highest BCUT2D eigenvalue weighted by Crippen LogP contribution is 2.76. The van der Waals surface area contributed by atoms with Crippen LogP contribution in [0.4, 0.5) is 0 Å². The SMILES string of the molecule is CC1(C)C2(O)O[C@H](C(O)(O)C(O)O)[C@@](O)(Cc3ccccc3)[C@]12O. The van der Waals surface area contributed by atoms with Crippen molar-refractivity contribution in [1.82, 2.24) is 0 Å². The molecule has 134 valence electrons. The van der Waals surface area contributed by atoms with E-state index < -0.39 is 40.6 Å². The van der Waals surface area contributed by atoms with E-state index in [2.05, 4.69) is 0 Å². The van der Waals surface area contributed by atoms with Gasteiger partial charge in [-0.05, 0) is 5.56 Å². The van der Waals surface area contributed by atoms with Crippen molar-refractivity contribution < 1.29 is 40.5 Å². The Morgan fingerprint density at radius 3 is 2.12 bits per heavy atom. The molecule has 0 spiro atoms. The van der Waals surface area contributed by atoms with Crippen LogP contribution in [0.1, 0.15) is 19.4 Å². The fraction of sp³-hybridized carbons (Fsp3) is 0.625. The van der Waals surface area contributed by atoms with Crippen LogP contribution in [0.25, 0.3) is 0 Å². The van der Waals surface area contributed by atoms with Crippen LogP contribution in [0.2, 0.25) is 0 Å². The van der Waals surface area contributed by atoms with Crippen LogP contribution < -0.4 is 0 Å². The molecule has 1 heterocycles. The van der Waals surface area contributed by atoms with Gasteiger partial charge in [-0.25, -0.2) is 0 Å². The van der Waals surface area contributed by atoms with E-state index in [4.69, 9.17) is 4.74 Å². The minimum Gasteiger partial charge on any atom is -0.383 e. The highest BCUT2D eigenvalue weighted by Gasteiger charge is 2.98. The summed E-state index contributed by atoms with van der Waals surface area (Å²) in [4.78, 5) is 0. The van der Waals surface area contributed by atoms with E-state index in [1.54, 1.807) is 30.3 Å². The Balaban J connectivity index is 2.09. The van der Waals surface area contributed by atoms with Gasteiger partial charge in [-0.2, -0.15) is 0 Å². The van der Waals surface area contributed by atoms with Gasteiger partial charge in [-0.3, -0.25) is 0 Å². The molecular formula is C16H22O8. The fourth-order valence-corrected chi connectivity index (χ4v) is 4.02. The lowest BCUT2D eigenvalue weighted by atomic mass is 9.76. The molecule has 1 aliphatic heterocycles. The number of rotatable bonds is 4. The standard InChI is InChI=1S/C16H22O8/c1-12(2)15(22)13(19,8-9-6-4-3-5-7-9)10(24-16(12,15)23)14(20,21)11(17)18/h3-7,10-11,17-23H,8H2,1-2H3/t10-,13-,15+,16?/m0/s1. The van der Waals surface area contributed by atoms with Gasteiger partial charge >= 0.3 is 0 Å². The largest absolute Gasteiger partial charge is 0.383 e. The zero-order valence-corrected chi connectivity index (χ0v) is 13.3. The first-order valence-electron chi connectivity index (χ1n) is 7.56. The van der Waals surface area contributed by atoms with Gasteiger partial charge in [0.05, 0.1) is 5.41 Å². The Bertz CT molecular complexity index is 645. The summed E-state index contributed by atoms with van der Waals surface area (Å²) in [6.45, 7) is 2.90. The van der Waals surface area contributed by atoms with Crippen LogP contribution >= 0.6 is 0 Å². The number of benzene rings is 1. The average Bonchev–Trinajstić information content (AvgIpc) is 2.73. The van der Waals surface area contributed by atoms with Crippen molar-refractivity contribution in [2.75, 3.05) is 0 Å². The molecule has 1 saturated carbocycles. The summed E-state index contributed by atoms with van der Waals surface area (Å²) in [5.74, 6) is -5.57. The van der Waals surface area contributed by atoms with Gasteiger partial charge in [0.1, 0.15) is 5.60 Å². The van der Waals surface area contributed by atoms with E-state index in [1.165, 1.54) is 13.8 Å². The second kappa shape index (κ2) is 4.75. The number of hydrogen-bond donors (Lipinski definition) is 7. The van der Waals surface area contributed by atoms with Crippen LogP contribution in [0, 0.1) is 5.41 Å². The van der Waals surface area contributed by atoms with E-state index in [0.717, 1.165) is 0 Å². The van der Waals surface area contributed by atoms with Gasteiger partial charge in [-0.15, -0.1) is 0 Å². The van der Waals surface area contributed by atoms with Gasteiger partial charge in [0.2, 0.25) is 17.9 Å². The summed E-state index contributed by atoms with van der Waals surface area (Å²) in [6.07, 6.45) is -5.05. The van der Waals surface area contributed by atoms with Crippen molar-refractivity contribution in [2.24, 2.45) is 5.41 Å². The van der Waals surface area contributed by atoms with E-state index in [9.17, 15) is 35.7 Å². The average molecular weight is 342 g/mol. The first kappa shape index (κ1) is 17.7. The minimum atomic E-state index is -3.31. The third kappa shape index (κ3) is 1.74. The molecule has 3 rings (SSSR count). The third-order valence-corrected chi connectivity index (χ3v) is 5.61. The van der Waals surface area contributed by atoms with Gasteiger partial charge in [-0.1, -0.05) is 44.2 Å². The smallest absolute Gasteiger partial charge is 0.245 e. The molecule has 2 fully saturated rings. The maximum absolute atomic E-state index is 11.2. The zero-order valence-electron chi connectivity index (χ0n) is 13.3. The van der Waals surface area contributed by atoms with Crippen molar-refractivity contribution in [1.29, 1.82) is 0 Å². The zero-order chi connectivity index (χ0) is 18.2. The molecule has 1 aromatic carbocycles. The Kier molecular flexibility index (Phi) is 3.50. The van der Waals surface area contributed by atoms with Crippen LogP contribution in [-0.2, 0) is 11.2 Å². The van der Waals surface area contributed by atoms with Crippen molar-refractivity contribution >= 4 is 0 Å². The molecule has 1 unspecified atom stereocenters. The Morgan fingerprint density at radius 2 is 1.62 bits per heavy atom. The van der Waals surface area contributed by atoms with Crippen molar-refractivity contribution in [2.45, 2.75) is 55.4 Å². The predicted molar refractivity (Wildman–Crippen MR) is 79.0 cm³/mol. The summed E-state index contributed by atoms with van der Waals surface area (Å²) in [7, 11) is 0. The summed E-state index contributed by atoms with van der Waals surface area (Å²) >= 11 is 0. The lowest BCUT2D eigenvalue weighted by Gasteiger charge is -2.43. The number of fused-ring (bicyclic) bond motifs is 1. The topological polar surface area (TPSA) is 151 Å². The lowest BCUT2D eigenvalue weighted by Crippen LogP contribution is -2.67. The molecule has 0 aromatic heterocycles. The second-order valence-corrected chi connectivity index (χ2v) is 7.22. The first-order valence-corrected chi connectivity index (χ1v) is 7.56. The van der Waals surface area contributed by atoms with Crippen LogP contribution in [0.5, 0.6) is 0 Å². The lowest BCUT2D eigenvalue weighted by molar-refractivity contribution is -0.366. The maximum Gasteiger partial charge on any atom is 0.245 e. The maximum atomic E-state index is 11.2. The van der Waals surface area contributed by atoms with Gasteiger partial charge in [0.25, 0.3) is 0 Å². The van der Waals surface area contributed by atoms with Crippen molar-refractivity contribution in [3.05, 3.63) is 35.9 Å². The van der Waals surface area contributed by atoms with E-state index >= 15 is 0 Å². The van der Waals surface area contributed by atoms with Gasteiger partial charge < -0.3 is 40.5 Å². The van der Waals surface area contributed by atoms with Crippen molar-refractivity contribution in [3.8, 4) is 0 Å². The fourth-order valence-electron chi connectivity index (χ4n) is 4.02. The van der Waals surface area contributed by atoms with Gasteiger partial charge in [0.15, 0.2) is 11.7 Å². The quantitative estimate of drug-likeness (QED) is 0.305. The summed E-state index contributed by atoms with van der Waals surface area (Å²) in [5, 5.41) is 71.2. The van der Waals surface area contributed by atoms with Crippen LogP contribution in [0.3, 0.4) is 0 Å². The van der Waals surface area contributed by atoms with Crippen molar-refractivity contribution in [3.63, 3.8) is 0 Å². The molecule has 1 saturated heterocycles. The number of aliphatic hydroxyl groups is 7. The summed E-state index contributed by atoms with van der Waals surface area (Å²) < 4.78 is 5.19. The molecule has 1 aliphatic carbocycles. The molecule has 1 aromatic rings. The summed E-state index contributed by atoms with van der Waals surface area (Å²) in [6, 6.07) is 8.38. The van der Waals surface area contributed by atoms with E-state index in [1.807, 2.05) is 0 Å². The summed E-state index contributed by atoms with van der Waals surface area (Å²) in [5.41, 5.74) is -5.41. The highest BCUT2D eigenvalue weighted by molar-refractivity contribution is 5.42. The Labute approximate surface area is 138 Å². The molecule has 0 bridgehead atoms. The highest BCUT2D eigenvalue weighted by atomic mass is 16.7. The normalized spacial score (nSPS) is 40.7. The first-order chi connectivity index (χ1) is 10.9.